The molecule has 2 aromatic carbocycles. The number of esters is 1. The molecule has 2 rings (SSSR count). The number of aryl methyl sites for hydroxylation is 1. The fourth-order valence-electron chi connectivity index (χ4n) is 2.09. The zero-order valence-corrected chi connectivity index (χ0v) is 14.5. The van der Waals surface area contributed by atoms with Crippen molar-refractivity contribution in [2.75, 3.05) is 20.3 Å². The van der Waals surface area contributed by atoms with Crippen LogP contribution in [0.2, 0.25) is 0 Å². The summed E-state index contributed by atoms with van der Waals surface area (Å²) in [7, 11) is 1.53. The van der Waals surface area contributed by atoms with Gasteiger partial charge in [0.2, 0.25) is 0 Å². The average Bonchev–Trinajstić information content (AvgIpc) is 2.59. The van der Waals surface area contributed by atoms with Crippen LogP contribution in [0, 0.1) is 12.7 Å². The van der Waals surface area contributed by atoms with Crippen molar-refractivity contribution < 1.29 is 28.1 Å². The van der Waals surface area contributed by atoms with Crippen molar-refractivity contribution in [1.82, 2.24) is 0 Å². The van der Waals surface area contributed by atoms with Gasteiger partial charge in [-0.3, -0.25) is 0 Å². The van der Waals surface area contributed by atoms with Gasteiger partial charge < -0.3 is 18.9 Å². The molecule has 0 aliphatic rings. The van der Waals surface area contributed by atoms with E-state index in [9.17, 15) is 9.18 Å². The number of ether oxygens (including phenoxy) is 4. The maximum Gasteiger partial charge on any atom is 0.344 e. The van der Waals surface area contributed by atoms with Crippen LogP contribution in [0.3, 0.4) is 0 Å². The highest BCUT2D eigenvalue weighted by molar-refractivity contribution is 5.71. The Bertz CT molecular complexity index is 717. The molecule has 0 N–H and O–H groups in total. The highest BCUT2D eigenvalue weighted by Gasteiger charge is 2.13. The molecule has 0 saturated heterocycles. The van der Waals surface area contributed by atoms with Gasteiger partial charge in [0.15, 0.2) is 18.1 Å². The van der Waals surface area contributed by atoms with Gasteiger partial charge >= 0.3 is 5.97 Å². The summed E-state index contributed by atoms with van der Waals surface area (Å²) in [6, 6.07) is 11.2. The largest absolute Gasteiger partial charge is 0.493 e. The standard InChI is InChI=1S/C19H21FO5/c1-13-7-8-17(18(9-13)22-3)24-12-19(21)25-14(2)11-23-16-6-4-5-15(20)10-16/h4-10,14H,11-12H2,1-3H3. The quantitative estimate of drug-likeness (QED) is 0.683. The topological polar surface area (TPSA) is 54.0 Å². The molecule has 2 aromatic rings. The molecule has 25 heavy (non-hydrogen) atoms. The van der Waals surface area contributed by atoms with Crippen LogP contribution in [0.25, 0.3) is 0 Å². The van der Waals surface area contributed by atoms with Gasteiger partial charge in [0, 0.05) is 6.07 Å². The lowest BCUT2D eigenvalue weighted by atomic mass is 10.2. The van der Waals surface area contributed by atoms with Crippen LogP contribution in [0.5, 0.6) is 17.2 Å². The van der Waals surface area contributed by atoms with E-state index in [1.165, 1.54) is 19.2 Å². The molecule has 0 aliphatic carbocycles. The van der Waals surface area contributed by atoms with E-state index in [0.717, 1.165) is 5.56 Å². The first kappa shape index (κ1) is 18.6. The second-order valence-electron chi connectivity index (χ2n) is 5.51. The van der Waals surface area contributed by atoms with Crippen LogP contribution in [0.4, 0.5) is 4.39 Å². The normalized spacial score (nSPS) is 11.5. The van der Waals surface area contributed by atoms with E-state index in [-0.39, 0.29) is 19.0 Å². The van der Waals surface area contributed by atoms with Crippen LogP contribution >= 0.6 is 0 Å². The van der Waals surface area contributed by atoms with Crippen LogP contribution < -0.4 is 14.2 Å². The van der Waals surface area contributed by atoms with Gasteiger partial charge in [-0.2, -0.15) is 0 Å². The first-order valence-corrected chi connectivity index (χ1v) is 7.83. The van der Waals surface area contributed by atoms with Gasteiger partial charge in [0.25, 0.3) is 0 Å². The number of benzene rings is 2. The summed E-state index contributed by atoms with van der Waals surface area (Å²) in [6.07, 6.45) is -0.501. The summed E-state index contributed by atoms with van der Waals surface area (Å²) >= 11 is 0. The van der Waals surface area contributed by atoms with Gasteiger partial charge in [0.1, 0.15) is 24.3 Å². The van der Waals surface area contributed by atoms with E-state index < -0.39 is 12.1 Å². The Morgan fingerprint density at radius 2 is 1.92 bits per heavy atom. The third-order valence-electron chi connectivity index (χ3n) is 3.28. The Balaban J connectivity index is 1.78. The smallest absolute Gasteiger partial charge is 0.344 e. The number of carbonyl (C=O) groups excluding carboxylic acids is 1. The highest BCUT2D eigenvalue weighted by Crippen LogP contribution is 2.27. The lowest BCUT2D eigenvalue weighted by Gasteiger charge is -2.15. The second kappa shape index (κ2) is 8.92. The summed E-state index contributed by atoms with van der Waals surface area (Å²) < 4.78 is 34.3. The fourth-order valence-corrected chi connectivity index (χ4v) is 2.09. The summed E-state index contributed by atoms with van der Waals surface area (Å²) in [6.45, 7) is 3.48. The summed E-state index contributed by atoms with van der Waals surface area (Å²) in [5.41, 5.74) is 1.02. The van der Waals surface area contributed by atoms with Crippen LogP contribution in [0.15, 0.2) is 42.5 Å². The van der Waals surface area contributed by atoms with E-state index in [0.29, 0.717) is 17.2 Å². The van der Waals surface area contributed by atoms with Crippen LogP contribution in [0.1, 0.15) is 12.5 Å². The van der Waals surface area contributed by atoms with Crippen molar-refractivity contribution in [2.24, 2.45) is 0 Å². The molecule has 0 radical (unpaired) electrons. The van der Waals surface area contributed by atoms with Crippen LogP contribution in [-0.2, 0) is 9.53 Å². The van der Waals surface area contributed by atoms with E-state index in [4.69, 9.17) is 18.9 Å². The number of rotatable bonds is 8. The van der Waals surface area contributed by atoms with E-state index in [1.807, 2.05) is 19.1 Å². The average molecular weight is 348 g/mol. The summed E-state index contributed by atoms with van der Waals surface area (Å²) in [5.74, 6) is 0.480. The molecular weight excluding hydrogens is 327 g/mol. The van der Waals surface area contributed by atoms with Crippen molar-refractivity contribution >= 4 is 5.97 Å². The molecular formula is C19H21FO5. The lowest BCUT2D eigenvalue weighted by molar-refractivity contribution is -0.151. The van der Waals surface area contributed by atoms with Crippen molar-refractivity contribution in [1.29, 1.82) is 0 Å². The fraction of sp³-hybridized carbons (Fsp3) is 0.316. The van der Waals surface area contributed by atoms with Crippen molar-refractivity contribution in [3.63, 3.8) is 0 Å². The maximum atomic E-state index is 13.1. The Labute approximate surface area is 146 Å². The molecule has 0 saturated carbocycles. The first-order valence-electron chi connectivity index (χ1n) is 7.83. The minimum absolute atomic E-state index is 0.114. The summed E-state index contributed by atoms with van der Waals surface area (Å²) in [4.78, 5) is 11.9. The van der Waals surface area contributed by atoms with Gasteiger partial charge in [0.05, 0.1) is 7.11 Å². The maximum absolute atomic E-state index is 13.1. The molecule has 0 amide bonds. The van der Waals surface area contributed by atoms with Gasteiger partial charge in [-0.05, 0) is 43.7 Å². The van der Waals surface area contributed by atoms with Crippen LogP contribution in [-0.4, -0.2) is 32.4 Å². The molecule has 0 aromatic heterocycles. The number of hydrogen-bond donors (Lipinski definition) is 0. The third kappa shape index (κ3) is 5.99. The minimum atomic E-state index is -0.530. The Kier molecular flexibility index (Phi) is 6.62. The molecule has 0 fully saturated rings. The molecule has 134 valence electrons. The Hall–Kier alpha value is -2.76. The zero-order chi connectivity index (χ0) is 18.2. The number of carbonyl (C=O) groups is 1. The number of hydrogen-bond acceptors (Lipinski definition) is 5. The van der Waals surface area contributed by atoms with E-state index >= 15 is 0 Å². The SMILES string of the molecule is COc1cc(C)ccc1OCC(=O)OC(C)COc1cccc(F)c1. The van der Waals surface area contributed by atoms with E-state index in [1.54, 1.807) is 25.1 Å². The predicted molar refractivity (Wildman–Crippen MR) is 90.7 cm³/mol. The lowest BCUT2D eigenvalue weighted by Crippen LogP contribution is -2.25. The highest BCUT2D eigenvalue weighted by atomic mass is 19.1. The minimum Gasteiger partial charge on any atom is -0.493 e. The monoisotopic (exact) mass is 348 g/mol. The molecule has 0 heterocycles. The molecule has 5 nitrogen and oxygen atoms in total. The van der Waals surface area contributed by atoms with Crippen molar-refractivity contribution in [2.45, 2.75) is 20.0 Å². The molecule has 0 aliphatic heterocycles. The molecule has 1 atom stereocenters. The predicted octanol–water partition coefficient (Wildman–Crippen LogP) is 3.53. The van der Waals surface area contributed by atoms with Gasteiger partial charge in [-0.25, -0.2) is 9.18 Å². The van der Waals surface area contributed by atoms with Gasteiger partial charge in [-0.15, -0.1) is 0 Å². The zero-order valence-electron chi connectivity index (χ0n) is 14.5. The Morgan fingerprint density at radius 3 is 2.64 bits per heavy atom. The molecule has 0 bridgehead atoms. The van der Waals surface area contributed by atoms with E-state index in [2.05, 4.69) is 0 Å². The van der Waals surface area contributed by atoms with Crippen molar-refractivity contribution in [3.05, 3.63) is 53.8 Å². The molecule has 6 heteroatoms. The molecule has 1 unspecified atom stereocenters. The second-order valence-corrected chi connectivity index (χ2v) is 5.51. The number of halogens is 1. The third-order valence-corrected chi connectivity index (χ3v) is 3.28. The first-order chi connectivity index (χ1) is 12.0. The number of methoxy groups -OCH3 is 1. The molecule has 0 spiro atoms. The summed E-state index contributed by atoms with van der Waals surface area (Å²) in [5, 5.41) is 0. The van der Waals surface area contributed by atoms with Gasteiger partial charge in [-0.1, -0.05) is 12.1 Å². The Morgan fingerprint density at radius 1 is 1.12 bits per heavy atom. The van der Waals surface area contributed by atoms with Crippen molar-refractivity contribution in [3.8, 4) is 17.2 Å².